The maximum atomic E-state index is 13.1. The Morgan fingerprint density at radius 1 is 1.06 bits per heavy atom. The molecule has 1 atom stereocenters. The van der Waals surface area contributed by atoms with Gasteiger partial charge in [0.2, 0.25) is 21.8 Å². The maximum absolute atomic E-state index is 13.1. The highest BCUT2D eigenvalue weighted by molar-refractivity contribution is 7.89. The Labute approximate surface area is 193 Å². The van der Waals surface area contributed by atoms with Crippen molar-refractivity contribution in [3.63, 3.8) is 0 Å². The fourth-order valence-electron chi connectivity index (χ4n) is 4.45. The number of nitrogens with one attached hydrogen (secondary N) is 3. The van der Waals surface area contributed by atoms with Gasteiger partial charge in [-0.3, -0.25) is 9.59 Å². The van der Waals surface area contributed by atoms with Gasteiger partial charge in [-0.25, -0.2) is 17.5 Å². The largest absolute Gasteiger partial charge is 0.349 e. The summed E-state index contributed by atoms with van der Waals surface area (Å²) in [6, 6.07) is 10.3. The second-order valence-electron chi connectivity index (χ2n) is 8.82. The number of fused-ring (bicyclic) bond motifs is 1. The predicted molar refractivity (Wildman–Crippen MR) is 122 cm³/mol. The number of carbonyl (C=O) groups is 2. The Hall–Kier alpha value is -2.78. The lowest BCUT2D eigenvalue weighted by atomic mass is 9.85. The molecule has 4 rings (SSSR count). The first kappa shape index (κ1) is 23.4. The van der Waals surface area contributed by atoms with Crippen molar-refractivity contribution in [1.29, 1.82) is 0 Å². The molecule has 9 heteroatoms. The Morgan fingerprint density at radius 2 is 1.76 bits per heavy atom. The highest BCUT2D eigenvalue weighted by Gasteiger charge is 2.30. The van der Waals surface area contributed by atoms with Crippen molar-refractivity contribution in [2.75, 3.05) is 5.32 Å². The summed E-state index contributed by atoms with van der Waals surface area (Å²) in [6.45, 7) is 1.86. The minimum Gasteiger partial charge on any atom is -0.349 e. The van der Waals surface area contributed by atoms with Gasteiger partial charge in [0, 0.05) is 24.1 Å². The Balaban J connectivity index is 1.31. The third-order valence-corrected chi connectivity index (χ3v) is 7.95. The van der Waals surface area contributed by atoms with Crippen molar-refractivity contribution in [1.82, 2.24) is 10.0 Å². The number of halogens is 1. The van der Waals surface area contributed by atoms with Gasteiger partial charge >= 0.3 is 0 Å². The van der Waals surface area contributed by atoms with E-state index in [2.05, 4.69) is 15.4 Å². The third kappa shape index (κ3) is 5.59. The molecule has 0 bridgehead atoms. The zero-order valence-corrected chi connectivity index (χ0v) is 19.3. The molecule has 176 valence electrons. The lowest BCUT2D eigenvalue weighted by molar-refractivity contribution is -0.126. The van der Waals surface area contributed by atoms with E-state index in [-0.39, 0.29) is 40.5 Å². The number of carbonyl (C=O) groups excluding carboxylic acids is 2. The highest BCUT2D eigenvalue weighted by Crippen LogP contribution is 2.29. The average Bonchev–Trinajstić information content (AvgIpc) is 2.79. The van der Waals surface area contributed by atoms with Gasteiger partial charge in [-0.1, -0.05) is 12.1 Å². The fraction of sp³-hybridized carbons (Fsp3) is 0.417. The fourth-order valence-corrected chi connectivity index (χ4v) is 5.81. The molecule has 3 N–H and O–H groups in total. The van der Waals surface area contributed by atoms with Crippen LogP contribution in [0.5, 0.6) is 0 Å². The van der Waals surface area contributed by atoms with Crippen molar-refractivity contribution in [3.05, 3.63) is 59.4 Å². The third-order valence-electron chi connectivity index (χ3n) is 6.43. The molecule has 2 amide bonds. The average molecular weight is 474 g/mol. The first-order valence-corrected chi connectivity index (χ1v) is 12.7. The standard InChI is InChI=1S/C24H28FN3O4S/c1-15(16-2-7-19(25)8-3-16)26-24(30)17-4-9-20(10-5-17)28-33(31,32)21-11-12-22-18(14-21)6-13-23(29)27-22/h2-3,7-8,11-12,14-15,17,20,28H,4-6,9-10,13H2,1H3,(H,26,30)(H,27,29)/t15-,17?,20?/m1/s1. The van der Waals surface area contributed by atoms with Crippen molar-refractivity contribution in [2.24, 2.45) is 5.92 Å². The Kier molecular flexibility index (Phi) is 6.81. The molecule has 1 aliphatic carbocycles. The highest BCUT2D eigenvalue weighted by atomic mass is 32.2. The number of anilines is 1. The van der Waals surface area contributed by atoms with Crippen molar-refractivity contribution < 1.29 is 22.4 Å². The Bertz CT molecular complexity index is 1140. The predicted octanol–water partition coefficient (Wildman–Crippen LogP) is 3.42. The monoisotopic (exact) mass is 473 g/mol. The lowest BCUT2D eigenvalue weighted by Crippen LogP contribution is -2.41. The quantitative estimate of drug-likeness (QED) is 0.598. The molecule has 1 heterocycles. The zero-order valence-electron chi connectivity index (χ0n) is 18.4. The smallest absolute Gasteiger partial charge is 0.240 e. The number of aryl methyl sites for hydroxylation is 1. The topological polar surface area (TPSA) is 104 Å². The number of hydrogen-bond acceptors (Lipinski definition) is 4. The molecule has 0 radical (unpaired) electrons. The number of amides is 2. The molecule has 0 saturated heterocycles. The Morgan fingerprint density at radius 3 is 2.45 bits per heavy atom. The second kappa shape index (κ2) is 9.61. The summed E-state index contributed by atoms with van der Waals surface area (Å²) >= 11 is 0. The summed E-state index contributed by atoms with van der Waals surface area (Å²) in [6.07, 6.45) is 3.18. The van der Waals surface area contributed by atoms with E-state index in [1.54, 1.807) is 24.3 Å². The maximum Gasteiger partial charge on any atom is 0.240 e. The van der Waals surface area contributed by atoms with E-state index in [0.29, 0.717) is 44.2 Å². The van der Waals surface area contributed by atoms with E-state index in [0.717, 1.165) is 11.1 Å². The molecule has 33 heavy (non-hydrogen) atoms. The van der Waals surface area contributed by atoms with E-state index >= 15 is 0 Å². The van der Waals surface area contributed by atoms with Crippen LogP contribution in [0.2, 0.25) is 0 Å². The number of sulfonamides is 1. The summed E-state index contributed by atoms with van der Waals surface area (Å²) in [5.41, 5.74) is 2.30. The van der Waals surface area contributed by atoms with E-state index in [4.69, 9.17) is 0 Å². The van der Waals surface area contributed by atoms with Gasteiger partial charge in [0.1, 0.15) is 5.82 Å². The van der Waals surface area contributed by atoms with Crippen molar-refractivity contribution >= 4 is 27.5 Å². The van der Waals surface area contributed by atoms with Crippen LogP contribution in [0, 0.1) is 11.7 Å². The van der Waals surface area contributed by atoms with E-state index in [9.17, 15) is 22.4 Å². The molecule has 1 aliphatic heterocycles. The van der Waals surface area contributed by atoms with Gasteiger partial charge in [-0.05, 0) is 80.5 Å². The van der Waals surface area contributed by atoms with Crippen LogP contribution in [0.25, 0.3) is 0 Å². The van der Waals surface area contributed by atoms with E-state index in [1.165, 1.54) is 18.2 Å². The summed E-state index contributed by atoms with van der Waals surface area (Å²) in [5.74, 6) is -0.629. The number of benzene rings is 2. The van der Waals surface area contributed by atoms with Crippen LogP contribution >= 0.6 is 0 Å². The van der Waals surface area contributed by atoms with Gasteiger partial charge in [-0.2, -0.15) is 0 Å². The summed E-state index contributed by atoms with van der Waals surface area (Å²) in [4.78, 5) is 24.4. The normalized spacial score (nSPS) is 21.6. The molecule has 0 spiro atoms. The summed E-state index contributed by atoms with van der Waals surface area (Å²) < 4.78 is 41.7. The van der Waals surface area contributed by atoms with Crippen LogP contribution in [-0.4, -0.2) is 26.3 Å². The molecule has 2 aromatic carbocycles. The first-order chi connectivity index (χ1) is 15.7. The molecule has 7 nitrogen and oxygen atoms in total. The summed E-state index contributed by atoms with van der Waals surface area (Å²) in [7, 11) is -3.70. The van der Waals surface area contributed by atoms with Crippen LogP contribution in [-0.2, 0) is 26.0 Å². The molecule has 2 aromatic rings. The minimum atomic E-state index is -3.70. The zero-order chi connectivity index (χ0) is 23.6. The van der Waals surface area contributed by atoms with Crippen LogP contribution in [0.4, 0.5) is 10.1 Å². The minimum absolute atomic E-state index is 0.0649. The molecule has 1 saturated carbocycles. The van der Waals surface area contributed by atoms with Crippen LogP contribution in [0.1, 0.15) is 56.2 Å². The van der Waals surface area contributed by atoms with Gasteiger partial charge in [-0.15, -0.1) is 0 Å². The first-order valence-electron chi connectivity index (χ1n) is 11.2. The van der Waals surface area contributed by atoms with Crippen molar-refractivity contribution in [3.8, 4) is 0 Å². The van der Waals surface area contributed by atoms with Gasteiger partial charge in [0.05, 0.1) is 10.9 Å². The van der Waals surface area contributed by atoms with Crippen LogP contribution in [0.15, 0.2) is 47.4 Å². The van der Waals surface area contributed by atoms with Gasteiger partial charge in [0.15, 0.2) is 0 Å². The van der Waals surface area contributed by atoms with Gasteiger partial charge < -0.3 is 10.6 Å². The molecule has 2 aliphatic rings. The van der Waals surface area contributed by atoms with Crippen LogP contribution in [0.3, 0.4) is 0 Å². The van der Waals surface area contributed by atoms with E-state index < -0.39 is 10.0 Å². The molecule has 1 fully saturated rings. The number of hydrogen-bond donors (Lipinski definition) is 3. The number of rotatable bonds is 6. The van der Waals surface area contributed by atoms with Gasteiger partial charge in [0.25, 0.3) is 0 Å². The molecular weight excluding hydrogens is 445 g/mol. The SMILES string of the molecule is C[C@@H](NC(=O)C1CCC(NS(=O)(=O)c2ccc3c(c2)CCC(=O)N3)CC1)c1ccc(F)cc1. The molecule has 0 unspecified atom stereocenters. The summed E-state index contributed by atoms with van der Waals surface area (Å²) in [5, 5.41) is 5.73. The lowest BCUT2D eigenvalue weighted by Gasteiger charge is -2.29. The molecular formula is C24H28FN3O4S. The van der Waals surface area contributed by atoms with Crippen molar-refractivity contribution in [2.45, 2.75) is 62.4 Å². The second-order valence-corrected chi connectivity index (χ2v) is 10.5. The van der Waals surface area contributed by atoms with E-state index in [1.807, 2.05) is 6.92 Å². The molecule has 0 aromatic heterocycles. The van der Waals surface area contributed by atoms with Crippen LogP contribution < -0.4 is 15.4 Å².